The summed E-state index contributed by atoms with van der Waals surface area (Å²) >= 11 is 0. The van der Waals surface area contributed by atoms with E-state index in [4.69, 9.17) is 9.47 Å². The van der Waals surface area contributed by atoms with Gasteiger partial charge in [-0.05, 0) is 31.5 Å². The third kappa shape index (κ3) is 3.96. The molecule has 2 rings (SSSR count). The maximum absolute atomic E-state index is 12.7. The van der Waals surface area contributed by atoms with Crippen molar-refractivity contribution in [3.8, 4) is 11.5 Å². The molecule has 1 atom stereocenters. The van der Waals surface area contributed by atoms with Crippen LogP contribution in [0.1, 0.15) is 25.5 Å². The van der Waals surface area contributed by atoms with E-state index in [2.05, 4.69) is 4.74 Å². The van der Waals surface area contributed by atoms with Crippen LogP contribution in [-0.2, 0) is 9.53 Å². The van der Waals surface area contributed by atoms with Crippen molar-refractivity contribution in [3.05, 3.63) is 35.0 Å². The van der Waals surface area contributed by atoms with E-state index in [1.54, 1.807) is 27.0 Å². The van der Waals surface area contributed by atoms with E-state index >= 15 is 0 Å². The average molecular weight is 384 g/mol. The first kappa shape index (κ1) is 20.5. The van der Waals surface area contributed by atoms with Crippen LogP contribution < -0.4 is 9.47 Å². The molecule has 0 saturated heterocycles. The lowest BCUT2D eigenvalue weighted by atomic mass is 9.93. The first-order chi connectivity index (χ1) is 12.7. The summed E-state index contributed by atoms with van der Waals surface area (Å²) in [5, 5.41) is 0. The number of allylic oxidation sites excluding steroid dienone is 1. The number of hydrogen-bond acceptors (Lipinski definition) is 5. The Morgan fingerprint density at radius 1 is 1.26 bits per heavy atom. The van der Waals surface area contributed by atoms with Crippen molar-refractivity contribution in [2.75, 3.05) is 27.8 Å². The highest BCUT2D eigenvalue weighted by Gasteiger charge is 2.39. The first-order valence-electron chi connectivity index (χ1n) is 8.24. The van der Waals surface area contributed by atoms with Crippen LogP contribution in [-0.4, -0.2) is 56.2 Å². The molecule has 0 saturated carbocycles. The molecule has 0 fully saturated rings. The van der Waals surface area contributed by atoms with Crippen molar-refractivity contribution in [2.24, 2.45) is 0 Å². The van der Waals surface area contributed by atoms with E-state index in [1.165, 1.54) is 36.1 Å². The maximum atomic E-state index is 12.7. The van der Waals surface area contributed by atoms with Crippen LogP contribution in [0.2, 0.25) is 0 Å². The Morgan fingerprint density at radius 2 is 1.93 bits per heavy atom. The predicted molar refractivity (Wildman–Crippen MR) is 92.6 cm³/mol. The lowest BCUT2D eigenvalue weighted by Crippen LogP contribution is -2.47. The van der Waals surface area contributed by atoms with Crippen molar-refractivity contribution in [1.82, 2.24) is 9.80 Å². The second-order valence-electron chi connectivity index (χ2n) is 5.86. The van der Waals surface area contributed by atoms with Gasteiger partial charge in [-0.25, -0.2) is 9.59 Å². The molecule has 1 heterocycles. The highest BCUT2D eigenvalue weighted by molar-refractivity contribution is 5.95. The highest BCUT2D eigenvalue weighted by Crippen LogP contribution is 2.39. The number of nitrogens with zero attached hydrogens (tertiary/aromatic N) is 2. The quantitative estimate of drug-likeness (QED) is 0.705. The maximum Gasteiger partial charge on any atom is 0.387 e. The van der Waals surface area contributed by atoms with Gasteiger partial charge in [0.1, 0.15) is 0 Å². The second-order valence-corrected chi connectivity index (χ2v) is 5.86. The molecule has 0 aromatic heterocycles. The molecule has 148 valence electrons. The van der Waals surface area contributed by atoms with E-state index in [0.29, 0.717) is 11.3 Å². The monoisotopic (exact) mass is 384 g/mol. The Labute approximate surface area is 156 Å². The summed E-state index contributed by atoms with van der Waals surface area (Å²) < 4.78 is 40.2. The van der Waals surface area contributed by atoms with E-state index < -0.39 is 18.6 Å². The van der Waals surface area contributed by atoms with Crippen molar-refractivity contribution in [2.45, 2.75) is 26.5 Å². The molecule has 7 nitrogen and oxygen atoms in total. The number of esters is 1. The number of amides is 2. The molecule has 0 N–H and O–H groups in total. The Balaban J connectivity index is 2.61. The lowest BCUT2D eigenvalue weighted by Gasteiger charge is -2.39. The van der Waals surface area contributed by atoms with E-state index in [-0.39, 0.29) is 29.7 Å². The summed E-state index contributed by atoms with van der Waals surface area (Å²) in [5.74, 6) is -0.664. The SMILES string of the molecule is CCOC(=O)C1=C(C)N(C)C(=O)N(C)[C@H]1c1ccc(OC)c(OC(F)F)c1. The summed E-state index contributed by atoms with van der Waals surface area (Å²) in [6.45, 7) is 0.412. The van der Waals surface area contributed by atoms with Gasteiger partial charge in [0.15, 0.2) is 11.5 Å². The Morgan fingerprint density at radius 3 is 2.48 bits per heavy atom. The fourth-order valence-corrected chi connectivity index (χ4v) is 2.97. The molecule has 1 aliphatic heterocycles. The number of likely N-dealkylation sites (N-methyl/N-ethyl adjacent to an activating group) is 1. The molecule has 2 amide bonds. The number of ether oxygens (including phenoxy) is 3. The zero-order chi connectivity index (χ0) is 20.3. The summed E-state index contributed by atoms with van der Waals surface area (Å²) in [4.78, 5) is 27.8. The van der Waals surface area contributed by atoms with Crippen molar-refractivity contribution < 1.29 is 32.6 Å². The average Bonchev–Trinajstić information content (AvgIpc) is 2.62. The van der Waals surface area contributed by atoms with Gasteiger partial charge in [0.25, 0.3) is 0 Å². The molecule has 0 aliphatic carbocycles. The number of carbonyl (C=O) groups is 2. The van der Waals surface area contributed by atoms with Gasteiger partial charge in [0.05, 0.1) is 25.3 Å². The van der Waals surface area contributed by atoms with Crippen LogP contribution in [0.5, 0.6) is 11.5 Å². The summed E-state index contributed by atoms with van der Waals surface area (Å²) in [6, 6.07) is 3.19. The number of halogens is 2. The highest BCUT2D eigenvalue weighted by atomic mass is 19.3. The first-order valence-corrected chi connectivity index (χ1v) is 8.24. The number of benzene rings is 1. The standard InChI is InChI=1S/C18H22F2N2O5/c1-6-26-16(23)14-10(2)21(3)18(24)22(4)15(14)11-7-8-12(25-5)13(9-11)27-17(19)20/h7-9,15,17H,6H2,1-5H3/t15-/m0/s1. The Hall–Kier alpha value is -2.84. The van der Waals surface area contributed by atoms with E-state index in [1.807, 2.05) is 0 Å². The number of carbonyl (C=O) groups excluding carboxylic acids is 2. The van der Waals surface area contributed by atoms with Crippen LogP contribution in [0.25, 0.3) is 0 Å². The summed E-state index contributed by atoms with van der Waals surface area (Å²) in [5.41, 5.74) is 1.08. The normalized spacial score (nSPS) is 17.5. The van der Waals surface area contributed by atoms with Crippen LogP contribution in [0, 0.1) is 0 Å². The van der Waals surface area contributed by atoms with Gasteiger partial charge in [0.2, 0.25) is 0 Å². The van der Waals surface area contributed by atoms with Crippen LogP contribution >= 0.6 is 0 Å². The van der Waals surface area contributed by atoms with Gasteiger partial charge in [-0.2, -0.15) is 8.78 Å². The van der Waals surface area contributed by atoms with Gasteiger partial charge < -0.3 is 24.0 Å². The van der Waals surface area contributed by atoms with Gasteiger partial charge in [0, 0.05) is 19.8 Å². The van der Waals surface area contributed by atoms with Crippen molar-refractivity contribution in [1.29, 1.82) is 0 Å². The summed E-state index contributed by atoms with van der Waals surface area (Å²) in [7, 11) is 4.39. The van der Waals surface area contributed by atoms with Crippen molar-refractivity contribution in [3.63, 3.8) is 0 Å². The summed E-state index contributed by atoms with van der Waals surface area (Å²) in [6.07, 6.45) is 0. The Bertz CT molecular complexity index is 766. The molecule has 0 radical (unpaired) electrons. The zero-order valence-electron chi connectivity index (χ0n) is 15.8. The minimum absolute atomic E-state index is 0.111. The van der Waals surface area contributed by atoms with Crippen LogP contribution in [0.3, 0.4) is 0 Å². The molecule has 27 heavy (non-hydrogen) atoms. The second kappa shape index (κ2) is 8.24. The molecule has 1 aromatic carbocycles. The largest absolute Gasteiger partial charge is 0.493 e. The Kier molecular flexibility index (Phi) is 6.24. The number of rotatable bonds is 6. The molecule has 1 aromatic rings. The number of methoxy groups -OCH3 is 1. The third-order valence-electron chi connectivity index (χ3n) is 4.36. The number of alkyl halides is 2. The van der Waals surface area contributed by atoms with Crippen LogP contribution in [0.4, 0.5) is 13.6 Å². The topological polar surface area (TPSA) is 68.3 Å². The molecule has 9 heteroatoms. The molecular weight excluding hydrogens is 362 g/mol. The lowest BCUT2D eigenvalue weighted by molar-refractivity contribution is -0.139. The van der Waals surface area contributed by atoms with Gasteiger partial charge in [-0.15, -0.1) is 0 Å². The van der Waals surface area contributed by atoms with Crippen LogP contribution in [0.15, 0.2) is 29.5 Å². The van der Waals surface area contributed by atoms with E-state index in [9.17, 15) is 18.4 Å². The zero-order valence-corrected chi connectivity index (χ0v) is 15.8. The molecule has 0 unspecified atom stereocenters. The predicted octanol–water partition coefficient (Wildman–Crippen LogP) is 3.17. The minimum atomic E-state index is -3.05. The van der Waals surface area contributed by atoms with Gasteiger partial charge in [-0.3, -0.25) is 0 Å². The molecular formula is C18H22F2N2O5. The van der Waals surface area contributed by atoms with Gasteiger partial charge in [-0.1, -0.05) is 6.07 Å². The fraction of sp³-hybridized carbons (Fsp3) is 0.444. The molecule has 0 bridgehead atoms. The van der Waals surface area contributed by atoms with E-state index in [0.717, 1.165) is 0 Å². The number of urea groups is 1. The fourth-order valence-electron chi connectivity index (χ4n) is 2.97. The smallest absolute Gasteiger partial charge is 0.387 e. The molecule has 1 aliphatic rings. The van der Waals surface area contributed by atoms with Gasteiger partial charge >= 0.3 is 18.6 Å². The number of hydrogen-bond donors (Lipinski definition) is 0. The minimum Gasteiger partial charge on any atom is -0.493 e. The third-order valence-corrected chi connectivity index (χ3v) is 4.36. The molecule has 0 spiro atoms. The van der Waals surface area contributed by atoms with Crippen molar-refractivity contribution >= 4 is 12.0 Å².